The lowest BCUT2D eigenvalue weighted by atomic mass is 10.2. The van der Waals surface area contributed by atoms with Gasteiger partial charge in [-0.25, -0.2) is 4.39 Å². The SMILES string of the molecule is O=C(/C=C/c1cccc(F)c1)NCC(=O)Nc1cc(Cl)ccc1Cl. The van der Waals surface area contributed by atoms with Gasteiger partial charge in [-0.15, -0.1) is 0 Å². The quantitative estimate of drug-likeness (QED) is 0.788. The minimum atomic E-state index is -0.480. The van der Waals surface area contributed by atoms with E-state index in [4.69, 9.17) is 23.2 Å². The summed E-state index contributed by atoms with van der Waals surface area (Å²) in [6.07, 6.45) is 2.67. The van der Waals surface area contributed by atoms with E-state index in [2.05, 4.69) is 10.6 Å². The first-order valence-electron chi connectivity index (χ1n) is 6.90. The lowest BCUT2D eigenvalue weighted by Crippen LogP contribution is -2.31. The van der Waals surface area contributed by atoms with Crippen LogP contribution in [0.2, 0.25) is 10.0 Å². The molecule has 0 fully saturated rings. The molecule has 2 amide bonds. The fourth-order valence-electron chi connectivity index (χ4n) is 1.80. The third kappa shape index (κ3) is 5.68. The Morgan fingerprint density at radius 2 is 1.92 bits per heavy atom. The van der Waals surface area contributed by atoms with Gasteiger partial charge >= 0.3 is 0 Å². The van der Waals surface area contributed by atoms with Crippen molar-refractivity contribution < 1.29 is 14.0 Å². The Bertz CT molecular complexity index is 794. The molecule has 2 N–H and O–H groups in total. The van der Waals surface area contributed by atoms with E-state index in [9.17, 15) is 14.0 Å². The van der Waals surface area contributed by atoms with Gasteiger partial charge in [0, 0.05) is 11.1 Å². The number of hydrogen-bond donors (Lipinski definition) is 2. The van der Waals surface area contributed by atoms with E-state index in [1.165, 1.54) is 36.4 Å². The smallest absolute Gasteiger partial charge is 0.244 e. The summed E-state index contributed by atoms with van der Waals surface area (Å²) in [5.74, 6) is -1.33. The van der Waals surface area contributed by atoms with Crippen LogP contribution in [0.15, 0.2) is 48.5 Å². The molecule has 0 aliphatic rings. The number of amides is 2. The van der Waals surface area contributed by atoms with Crippen LogP contribution in [-0.2, 0) is 9.59 Å². The molecule has 2 aromatic carbocycles. The zero-order valence-corrected chi connectivity index (χ0v) is 13.9. The van der Waals surface area contributed by atoms with Crippen LogP contribution in [0.1, 0.15) is 5.56 Å². The molecule has 0 radical (unpaired) electrons. The van der Waals surface area contributed by atoms with Gasteiger partial charge < -0.3 is 10.6 Å². The highest BCUT2D eigenvalue weighted by Gasteiger charge is 2.07. The Morgan fingerprint density at radius 1 is 1.12 bits per heavy atom. The lowest BCUT2D eigenvalue weighted by Gasteiger charge is -2.08. The molecular formula is C17H13Cl2FN2O2. The van der Waals surface area contributed by atoms with Crippen molar-refractivity contribution in [1.29, 1.82) is 0 Å². The largest absolute Gasteiger partial charge is 0.343 e. The molecule has 124 valence electrons. The van der Waals surface area contributed by atoms with Gasteiger partial charge in [0.05, 0.1) is 17.3 Å². The Hall–Kier alpha value is -2.37. The Balaban J connectivity index is 1.85. The predicted molar refractivity (Wildman–Crippen MR) is 93.5 cm³/mol. The van der Waals surface area contributed by atoms with Crippen LogP contribution in [-0.4, -0.2) is 18.4 Å². The molecule has 2 rings (SSSR count). The Kier molecular flexibility index (Phi) is 6.35. The van der Waals surface area contributed by atoms with Crippen LogP contribution < -0.4 is 10.6 Å². The Labute approximate surface area is 148 Å². The van der Waals surface area contributed by atoms with Crippen molar-refractivity contribution in [2.75, 3.05) is 11.9 Å². The molecule has 0 spiro atoms. The maximum absolute atomic E-state index is 13.0. The average molecular weight is 367 g/mol. The van der Waals surface area contributed by atoms with Gasteiger partial charge in [0.25, 0.3) is 0 Å². The Morgan fingerprint density at radius 3 is 2.67 bits per heavy atom. The van der Waals surface area contributed by atoms with Gasteiger partial charge in [-0.3, -0.25) is 9.59 Å². The van der Waals surface area contributed by atoms with E-state index >= 15 is 0 Å². The molecule has 0 heterocycles. The number of rotatable bonds is 5. The fourth-order valence-corrected chi connectivity index (χ4v) is 2.13. The lowest BCUT2D eigenvalue weighted by molar-refractivity contribution is -0.121. The molecule has 0 aromatic heterocycles. The van der Waals surface area contributed by atoms with Crippen molar-refractivity contribution in [3.63, 3.8) is 0 Å². The number of nitrogens with one attached hydrogen (secondary N) is 2. The molecule has 0 atom stereocenters. The van der Waals surface area contributed by atoms with Crippen LogP contribution in [0.5, 0.6) is 0 Å². The molecule has 0 saturated heterocycles. The van der Waals surface area contributed by atoms with E-state index in [0.29, 0.717) is 21.3 Å². The summed E-state index contributed by atoms with van der Waals surface area (Å²) in [6.45, 7) is -0.241. The van der Waals surface area contributed by atoms with E-state index in [1.54, 1.807) is 18.2 Å². The zero-order valence-electron chi connectivity index (χ0n) is 12.4. The van der Waals surface area contributed by atoms with Crippen LogP contribution >= 0.6 is 23.2 Å². The minimum absolute atomic E-state index is 0.241. The normalized spacial score (nSPS) is 10.6. The third-order valence-corrected chi connectivity index (χ3v) is 3.47. The first-order valence-corrected chi connectivity index (χ1v) is 7.66. The first-order chi connectivity index (χ1) is 11.4. The highest BCUT2D eigenvalue weighted by atomic mass is 35.5. The number of carbonyl (C=O) groups is 2. The van der Waals surface area contributed by atoms with Crippen molar-refractivity contribution >= 4 is 46.8 Å². The van der Waals surface area contributed by atoms with Crippen molar-refractivity contribution in [3.8, 4) is 0 Å². The number of carbonyl (C=O) groups excluding carboxylic acids is 2. The summed E-state index contributed by atoms with van der Waals surface area (Å²) in [6, 6.07) is 10.4. The van der Waals surface area contributed by atoms with Gasteiger partial charge in [0.2, 0.25) is 11.8 Å². The summed E-state index contributed by atoms with van der Waals surface area (Å²) in [7, 11) is 0. The molecule has 4 nitrogen and oxygen atoms in total. The summed E-state index contributed by atoms with van der Waals surface area (Å²) < 4.78 is 13.0. The molecule has 0 saturated carbocycles. The molecule has 2 aromatic rings. The van der Waals surface area contributed by atoms with Crippen LogP contribution in [0.3, 0.4) is 0 Å². The van der Waals surface area contributed by atoms with Gasteiger partial charge in [-0.2, -0.15) is 0 Å². The molecule has 0 unspecified atom stereocenters. The van der Waals surface area contributed by atoms with E-state index in [1.807, 2.05) is 0 Å². The highest BCUT2D eigenvalue weighted by molar-refractivity contribution is 6.35. The molecular weight excluding hydrogens is 354 g/mol. The van der Waals surface area contributed by atoms with Crippen molar-refractivity contribution in [1.82, 2.24) is 5.32 Å². The maximum Gasteiger partial charge on any atom is 0.244 e. The third-order valence-electron chi connectivity index (χ3n) is 2.90. The number of hydrogen-bond acceptors (Lipinski definition) is 2. The maximum atomic E-state index is 13.0. The molecule has 24 heavy (non-hydrogen) atoms. The van der Waals surface area contributed by atoms with Crippen molar-refractivity contribution in [2.45, 2.75) is 0 Å². The molecule has 7 heteroatoms. The highest BCUT2D eigenvalue weighted by Crippen LogP contribution is 2.25. The fraction of sp³-hybridized carbons (Fsp3) is 0.0588. The van der Waals surface area contributed by atoms with Gasteiger partial charge in [-0.05, 0) is 42.0 Å². The van der Waals surface area contributed by atoms with Crippen LogP contribution in [0.25, 0.3) is 6.08 Å². The van der Waals surface area contributed by atoms with E-state index in [-0.39, 0.29) is 6.54 Å². The number of halogens is 3. The average Bonchev–Trinajstić information content (AvgIpc) is 2.54. The van der Waals surface area contributed by atoms with Gasteiger partial charge in [0.15, 0.2) is 0 Å². The van der Waals surface area contributed by atoms with E-state index in [0.717, 1.165) is 0 Å². The molecule has 0 aliphatic carbocycles. The molecule has 0 aliphatic heterocycles. The number of anilines is 1. The predicted octanol–water partition coefficient (Wildman–Crippen LogP) is 3.90. The summed E-state index contributed by atoms with van der Waals surface area (Å²) in [5.41, 5.74) is 0.902. The van der Waals surface area contributed by atoms with Crippen molar-refractivity contribution in [2.24, 2.45) is 0 Å². The van der Waals surface area contributed by atoms with Crippen LogP contribution in [0.4, 0.5) is 10.1 Å². The minimum Gasteiger partial charge on any atom is -0.343 e. The second-order valence-electron chi connectivity index (χ2n) is 4.78. The van der Waals surface area contributed by atoms with E-state index < -0.39 is 17.6 Å². The van der Waals surface area contributed by atoms with Crippen LogP contribution in [0, 0.1) is 5.82 Å². The topological polar surface area (TPSA) is 58.2 Å². The standard InChI is InChI=1S/C17H13Cl2FN2O2/c18-12-5-6-14(19)15(9-12)22-17(24)10-21-16(23)7-4-11-2-1-3-13(20)8-11/h1-9H,10H2,(H,21,23)(H,22,24)/b7-4+. The molecule has 0 bridgehead atoms. The monoisotopic (exact) mass is 366 g/mol. The van der Waals surface area contributed by atoms with Crippen molar-refractivity contribution in [3.05, 3.63) is 70.0 Å². The second kappa shape index (κ2) is 8.47. The second-order valence-corrected chi connectivity index (χ2v) is 5.62. The zero-order chi connectivity index (χ0) is 17.5. The summed E-state index contributed by atoms with van der Waals surface area (Å²) >= 11 is 11.8. The number of benzene rings is 2. The van der Waals surface area contributed by atoms with Gasteiger partial charge in [-0.1, -0.05) is 35.3 Å². The summed E-state index contributed by atoms with van der Waals surface area (Å²) in [4.78, 5) is 23.5. The van der Waals surface area contributed by atoms with Gasteiger partial charge in [0.1, 0.15) is 5.82 Å². The first kappa shape index (κ1) is 18.0. The summed E-state index contributed by atoms with van der Waals surface area (Å²) in [5, 5.41) is 5.72.